The summed E-state index contributed by atoms with van der Waals surface area (Å²) in [5.74, 6) is 0.779. The van der Waals surface area contributed by atoms with Crippen LogP contribution in [-0.4, -0.2) is 35.9 Å². The van der Waals surface area contributed by atoms with Crippen molar-refractivity contribution in [1.29, 1.82) is 0 Å². The van der Waals surface area contributed by atoms with Crippen molar-refractivity contribution in [3.05, 3.63) is 101 Å². The molecule has 0 saturated carbocycles. The van der Waals surface area contributed by atoms with Crippen LogP contribution in [0.5, 0.6) is 0 Å². The fourth-order valence-corrected chi connectivity index (χ4v) is 4.91. The molecule has 3 nitrogen and oxygen atoms in total. The highest BCUT2D eigenvalue weighted by Gasteiger charge is 2.17. The van der Waals surface area contributed by atoms with E-state index in [0.717, 1.165) is 52.5 Å². The molecule has 37 heavy (non-hydrogen) atoms. The highest BCUT2D eigenvalue weighted by molar-refractivity contribution is 6.30. The molecule has 3 aromatic carbocycles. The number of nitrogens with zero attached hydrogens (tertiary/aromatic N) is 2. The van der Waals surface area contributed by atoms with Gasteiger partial charge >= 0.3 is 0 Å². The summed E-state index contributed by atoms with van der Waals surface area (Å²) in [5, 5.41) is 0.725. The van der Waals surface area contributed by atoms with Gasteiger partial charge in [0.1, 0.15) is 0 Å². The second-order valence-electron chi connectivity index (χ2n) is 10.6. The molecule has 0 N–H and O–H groups in total. The summed E-state index contributed by atoms with van der Waals surface area (Å²) in [4.78, 5) is 14.8. The van der Waals surface area contributed by atoms with Gasteiger partial charge in [-0.3, -0.25) is 4.79 Å². The van der Waals surface area contributed by atoms with Crippen molar-refractivity contribution in [2.75, 3.05) is 20.6 Å². The molecule has 0 aliphatic heterocycles. The molecule has 4 rings (SSSR count). The highest BCUT2D eigenvalue weighted by atomic mass is 35.5. The van der Waals surface area contributed by atoms with Crippen molar-refractivity contribution >= 4 is 17.4 Å². The van der Waals surface area contributed by atoms with Gasteiger partial charge in [0, 0.05) is 22.7 Å². The van der Waals surface area contributed by atoms with Gasteiger partial charge in [-0.05, 0) is 98.9 Å². The van der Waals surface area contributed by atoms with Crippen LogP contribution in [0.25, 0.3) is 28.2 Å². The van der Waals surface area contributed by atoms with E-state index in [-0.39, 0.29) is 5.78 Å². The predicted molar refractivity (Wildman–Crippen MR) is 157 cm³/mol. The van der Waals surface area contributed by atoms with E-state index >= 15 is 0 Å². The average molecular weight is 513 g/mol. The highest BCUT2D eigenvalue weighted by Crippen LogP contribution is 2.35. The molecule has 1 heterocycles. The zero-order valence-electron chi connectivity index (χ0n) is 22.6. The first-order valence-corrected chi connectivity index (χ1v) is 13.5. The van der Waals surface area contributed by atoms with Crippen molar-refractivity contribution in [2.24, 2.45) is 5.92 Å². The monoisotopic (exact) mass is 512 g/mol. The average Bonchev–Trinajstić information content (AvgIpc) is 3.30. The molecule has 0 spiro atoms. The van der Waals surface area contributed by atoms with Crippen molar-refractivity contribution in [3.63, 3.8) is 0 Å². The van der Waals surface area contributed by atoms with Gasteiger partial charge in [0.2, 0.25) is 0 Å². The molecular formula is C33H37ClN2O. The van der Waals surface area contributed by atoms with Crippen molar-refractivity contribution < 1.29 is 4.79 Å². The number of benzene rings is 3. The lowest BCUT2D eigenvalue weighted by Crippen LogP contribution is -2.14. The fourth-order valence-electron chi connectivity index (χ4n) is 4.79. The van der Waals surface area contributed by atoms with Crippen molar-refractivity contribution in [3.8, 4) is 28.2 Å². The minimum absolute atomic E-state index is 0.197. The van der Waals surface area contributed by atoms with Crippen molar-refractivity contribution in [1.82, 2.24) is 9.47 Å². The Morgan fingerprint density at radius 1 is 0.865 bits per heavy atom. The van der Waals surface area contributed by atoms with Gasteiger partial charge in [0.15, 0.2) is 5.78 Å². The Labute approximate surface area is 226 Å². The third-order valence-electron chi connectivity index (χ3n) is 6.69. The molecule has 0 fully saturated rings. The Kier molecular flexibility index (Phi) is 8.68. The van der Waals surface area contributed by atoms with E-state index in [0.29, 0.717) is 12.3 Å². The summed E-state index contributed by atoms with van der Waals surface area (Å²) in [7, 11) is 4.07. The second kappa shape index (κ2) is 11.9. The van der Waals surface area contributed by atoms with E-state index < -0.39 is 0 Å². The zero-order valence-corrected chi connectivity index (χ0v) is 23.3. The molecule has 0 atom stereocenters. The maximum Gasteiger partial charge on any atom is 0.162 e. The lowest BCUT2D eigenvalue weighted by molar-refractivity contribution is 0.0977. The summed E-state index contributed by atoms with van der Waals surface area (Å²) in [6, 6.07) is 27.2. The quantitative estimate of drug-likeness (QED) is 0.199. The molecule has 0 amide bonds. The first-order chi connectivity index (χ1) is 17.7. The minimum atomic E-state index is 0.197. The second-order valence-corrected chi connectivity index (χ2v) is 11.0. The van der Waals surface area contributed by atoms with Crippen LogP contribution in [0.2, 0.25) is 5.02 Å². The van der Waals surface area contributed by atoms with Gasteiger partial charge < -0.3 is 9.47 Å². The molecule has 0 bridgehead atoms. The standard InChI is InChI=1S/C33H37ClN2O/c1-23(2)21-25-9-8-24(3)32(22-25)36-30(18-19-31(36)27-14-16-29(34)17-15-27)26-10-12-28(13-11-26)33(37)7-6-20-35(4)5/h8-19,22-23H,6-7,20-21H2,1-5H3. The van der Waals surface area contributed by atoms with E-state index in [1.807, 2.05) is 38.4 Å². The molecule has 0 aliphatic rings. The van der Waals surface area contributed by atoms with Crippen LogP contribution in [0.1, 0.15) is 48.2 Å². The molecule has 0 unspecified atom stereocenters. The maximum absolute atomic E-state index is 12.7. The summed E-state index contributed by atoms with van der Waals surface area (Å²) >= 11 is 6.20. The van der Waals surface area contributed by atoms with E-state index in [1.54, 1.807) is 0 Å². The SMILES string of the molecule is Cc1ccc(CC(C)C)cc1-n1c(-c2ccc(Cl)cc2)ccc1-c1ccc(C(=O)CCCN(C)C)cc1. The normalized spacial score (nSPS) is 11.5. The van der Waals surface area contributed by atoms with Gasteiger partial charge in [0.25, 0.3) is 0 Å². The van der Waals surface area contributed by atoms with Gasteiger partial charge in [-0.25, -0.2) is 0 Å². The number of halogens is 1. The van der Waals surface area contributed by atoms with Crippen LogP contribution in [0.3, 0.4) is 0 Å². The first kappa shape index (κ1) is 26.9. The number of carbonyl (C=O) groups is 1. The molecule has 192 valence electrons. The number of aromatic nitrogens is 1. The Balaban J connectivity index is 1.76. The Morgan fingerprint density at radius 2 is 1.46 bits per heavy atom. The Bertz CT molecular complexity index is 1350. The van der Waals surface area contributed by atoms with Crippen LogP contribution in [0.15, 0.2) is 78.9 Å². The van der Waals surface area contributed by atoms with Gasteiger partial charge in [-0.15, -0.1) is 0 Å². The van der Waals surface area contributed by atoms with Gasteiger partial charge in [-0.2, -0.15) is 0 Å². The number of aryl methyl sites for hydroxylation is 1. The maximum atomic E-state index is 12.7. The zero-order chi connectivity index (χ0) is 26.5. The van der Waals surface area contributed by atoms with E-state index in [2.05, 4.69) is 84.8 Å². The molecule has 0 saturated heterocycles. The van der Waals surface area contributed by atoms with Crippen LogP contribution < -0.4 is 0 Å². The third kappa shape index (κ3) is 6.60. The topological polar surface area (TPSA) is 25.2 Å². The van der Waals surface area contributed by atoms with Crippen LogP contribution in [-0.2, 0) is 6.42 Å². The number of ketones is 1. The molecule has 4 heteroatoms. The van der Waals surface area contributed by atoms with E-state index in [1.165, 1.54) is 16.8 Å². The van der Waals surface area contributed by atoms with E-state index in [9.17, 15) is 4.79 Å². The minimum Gasteiger partial charge on any atom is -0.309 e. The molecule has 0 radical (unpaired) electrons. The summed E-state index contributed by atoms with van der Waals surface area (Å²) in [6.07, 6.45) is 2.47. The molecule has 1 aromatic heterocycles. The molecule has 0 aliphatic carbocycles. The van der Waals surface area contributed by atoms with Crippen molar-refractivity contribution in [2.45, 2.75) is 40.0 Å². The summed E-state index contributed by atoms with van der Waals surface area (Å²) in [5.41, 5.74) is 8.89. The lowest BCUT2D eigenvalue weighted by Gasteiger charge is -2.18. The number of rotatable bonds is 10. The number of hydrogen-bond donors (Lipinski definition) is 0. The van der Waals surface area contributed by atoms with Crippen LogP contribution in [0.4, 0.5) is 0 Å². The third-order valence-corrected chi connectivity index (χ3v) is 6.94. The smallest absolute Gasteiger partial charge is 0.162 e. The number of carbonyl (C=O) groups excluding carboxylic acids is 1. The lowest BCUT2D eigenvalue weighted by atomic mass is 10.00. The summed E-state index contributed by atoms with van der Waals surface area (Å²) < 4.78 is 2.34. The van der Waals surface area contributed by atoms with Gasteiger partial charge in [0.05, 0.1) is 11.4 Å². The van der Waals surface area contributed by atoms with Gasteiger partial charge in [-0.1, -0.05) is 74.0 Å². The molecule has 4 aromatic rings. The molecular weight excluding hydrogens is 476 g/mol. The summed E-state index contributed by atoms with van der Waals surface area (Å²) in [6.45, 7) is 7.59. The van der Waals surface area contributed by atoms with Crippen LogP contribution >= 0.6 is 11.6 Å². The predicted octanol–water partition coefficient (Wildman–Crippen LogP) is 8.50. The van der Waals surface area contributed by atoms with Crippen LogP contribution in [0, 0.1) is 12.8 Å². The Hall–Kier alpha value is -3.14. The number of hydrogen-bond acceptors (Lipinski definition) is 2. The first-order valence-electron chi connectivity index (χ1n) is 13.1. The Morgan fingerprint density at radius 3 is 2.03 bits per heavy atom. The largest absolute Gasteiger partial charge is 0.309 e. The van der Waals surface area contributed by atoms with E-state index in [4.69, 9.17) is 11.6 Å². The number of Topliss-reactive ketones (excluding diaryl/α,β-unsaturated/α-hetero) is 1. The fraction of sp³-hybridized carbons (Fsp3) is 0.303.